The maximum absolute atomic E-state index is 12.4. The fourth-order valence-corrected chi connectivity index (χ4v) is 3.69. The Balaban J connectivity index is 1.80. The van der Waals surface area contributed by atoms with Gasteiger partial charge in [-0.05, 0) is 59.8 Å². The summed E-state index contributed by atoms with van der Waals surface area (Å²) in [5.41, 5.74) is 0. The normalized spacial score (nSPS) is 17.8. The summed E-state index contributed by atoms with van der Waals surface area (Å²) in [5, 5.41) is 3.74. The molecule has 0 bridgehead atoms. The van der Waals surface area contributed by atoms with Gasteiger partial charge in [0.15, 0.2) is 6.10 Å². The van der Waals surface area contributed by atoms with E-state index in [0.717, 1.165) is 36.9 Å². The van der Waals surface area contributed by atoms with Crippen LogP contribution < -0.4 is 10.1 Å². The van der Waals surface area contributed by atoms with Gasteiger partial charge in [0.1, 0.15) is 5.75 Å². The van der Waals surface area contributed by atoms with Crippen LogP contribution >= 0.6 is 27.5 Å². The Morgan fingerprint density at radius 2 is 2.04 bits per heavy atom. The molecule has 134 valence electrons. The van der Waals surface area contributed by atoms with E-state index in [0.29, 0.717) is 16.7 Å². The van der Waals surface area contributed by atoms with E-state index in [1.165, 1.54) is 0 Å². The van der Waals surface area contributed by atoms with Crippen LogP contribution in [0.5, 0.6) is 5.75 Å². The minimum absolute atomic E-state index is 0.0702. The Morgan fingerprint density at radius 1 is 1.38 bits per heavy atom. The third-order valence-corrected chi connectivity index (χ3v) is 4.98. The quantitative estimate of drug-likeness (QED) is 0.757. The molecule has 1 atom stereocenters. The largest absolute Gasteiger partial charge is 0.480 e. The van der Waals surface area contributed by atoms with Crippen molar-refractivity contribution in [2.24, 2.45) is 5.92 Å². The number of hydrogen-bond acceptors (Lipinski definition) is 3. The standard InChI is InChI=1S/C18H26BrClN2O2/c1-12(2)11-22-8-6-15(7-9-22)21-18(23)13(3)24-17-5-4-14(20)10-16(17)19/h4-5,10,12-13,15H,6-9,11H2,1-3H3,(H,21,23). The first kappa shape index (κ1) is 19.5. The van der Waals surface area contributed by atoms with Crippen molar-refractivity contribution in [3.63, 3.8) is 0 Å². The molecule has 1 aromatic rings. The number of rotatable bonds is 6. The molecule has 0 spiro atoms. The van der Waals surface area contributed by atoms with E-state index in [2.05, 4.69) is 40.0 Å². The van der Waals surface area contributed by atoms with Gasteiger partial charge in [-0.1, -0.05) is 25.4 Å². The zero-order valence-corrected chi connectivity index (χ0v) is 16.9. The summed E-state index contributed by atoms with van der Waals surface area (Å²) < 4.78 is 6.50. The van der Waals surface area contributed by atoms with Gasteiger partial charge in [-0.2, -0.15) is 0 Å². The van der Waals surface area contributed by atoms with Crippen LogP contribution in [0, 0.1) is 5.92 Å². The third kappa shape index (κ3) is 5.94. The van der Waals surface area contributed by atoms with Gasteiger partial charge in [0.2, 0.25) is 0 Å². The lowest BCUT2D eigenvalue weighted by molar-refractivity contribution is -0.128. The van der Waals surface area contributed by atoms with E-state index in [9.17, 15) is 4.79 Å². The summed E-state index contributed by atoms with van der Waals surface area (Å²) >= 11 is 9.32. The number of benzene rings is 1. The number of carbonyl (C=O) groups is 1. The Bertz CT molecular complexity index is 560. The second-order valence-electron chi connectivity index (χ2n) is 6.81. The molecule has 1 saturated heterocycles. The van der Waals surface area contributed by atoms with E-state index in [-0.39, 0.29) is 11.9 Å². The average molecular weight is 418 g/mol. The minimum atomic E-state index is -0.545. The van der Waals surface area contributed by atoms with Crippen molar-refractivity contribution in [2.75, 3.05) is 19.6 Å². The number of amides is 1. The molecule has 4 nitrogen and oxygen atoms in total. The summed E-state index contributed by atoms with van der Waals surface area (Å²) in [6.45, 7) is 9.46. The Morgan fingerprint density at radius 3 is 2.62 bits per heavy atom. The van der Waals surface area contributed by atoms with Crippen LogP contribution in [-0.4, -0.2) is 42.6 Å². The van der Waals surface area contributed by atoms with Gasteiger partial charge in [0.05, 0.1) is 4.47 Å². The second-order valence-corrected chi connectivity index (χ2v) is 8.10. The maximum Gasteiger partial charge on any atom is 0.260 e. The van der Waals surface area contributed by atoms with E-state index in [4.69, 9.17) is 16.3 Å². The number of nitrogens with zero attached hydrogens (tertiary/aromatic N) is 1. The van der Waals surface area contributed by atoms with Gasteiger partial charge in [0, 0.05) is 30.7 Å². The van der Waals surface area contributed by atoms with Gasteiger partial charge in [-0.3, -0.25) is 4.79 Å². The predicted molar refractivity (Wildman–Crippen MR) is 102 cm³/mol. The van der Waals surface area contributed by atoms with Crippen molar-refractivity contribution >= 4 is 33.4 Å². The van der Waals surface area contributed by atoms with Crippen molar-refractivity contribution in [1.82, 2.24) is 10.2 Å². The number of nitrogens with one attached hydrogen (secondary N) is 1. The molecular formula is C18H26BrClN2O2. The van der Waals surface area contributed by atoms with E-state index >= 15 is 0 Å². The van der Waals surface area contributed by atoms with Crippen LogP contribution in [0.3, 0.4) is 0 Å². The summed E-state index contributed by atoms with van der Waals surface area (Å²) in [4.78, 5) is 14.8. The lowest BCUT2D eigenvalue weighted by atomic mass is 10.0. The molecule has 1 heterocycles. The highest BCUT2D eigenvalue weighted by atomic mass is 79.9. The highest BCUT2D eigenvalue weighted by molar-refractivity contribution is 9.10. The molecule has 0 saturated carbocycles. The molecule has 0 radical (unpaired) electrons. The molecule has 1 unspecified atom stereocenters. The fourth-order valence-electron chi connectivity index (χ4n) is 2.91. The lowest BCUT2D eigenvalue weighted by Crippen LogP contribution is -2.48. The minimum Gasteiger partial charge on any atom is -0.480 e. The van der Waals surface area contributed by atoms with Crippen molar-refractivity contribution in [3.8, 4) is 5.75 Å². The molecule has 6 heteroatoms. The molecule has 1 aliphatic heterocycles. The molecule has 0 aromatic heterocycles. The monoisotopic (exact) mass is 416 g/mol. The van der Waals surface area contributed by atoms with Crippen molar-refractivity contribution < 1.29 is 9.53 Å². The summed E-state index contributed by atoms with van der Waals surface area (Å²) in [7, 11) is 0. The molecule has 0 aliphatic carbocycles. The first-order valence-corrected chi connectivity index (χ1v) is 9.66. The van der Waals surface area contributed by atoms with Gasteiger partial charge in [0.25, 0.3) is 5.91 Å². The number of hydrogen-bond donors (Lipinski definition) is 1. The van der Waals surface area contributed by atoms with Gasteiger partial charge >= 0.3 is 0 Å². The number of likely N-dealkylation sites (tertiary alicyclic amines) is 1. The third-order valence-electron chi connectivity index (χ3n) is 4.12. The Hall–Kier alpha value is -0.780. The first-order valence-electron chi connectivity index (χ1n) is 8.49. The molecular weight excluding hydrogens is 392 g/mol. The van der Waals surface area contributed by atoms with Crippen LogP contribution in [0.2, 0.25) is 5.02 Å². The van der Waals surface area contributed by atoms with Crippen molar-refractivity contribution in [3.05, 3.63) is 27.7 Å². The van der Waals surface area contributed by atoms with Crippen LogP contribution in [-0.2, 0) is 4.79 Å². The van der Waals surface area contributed by atoms with E-state index < -0.39 is 6.10 Å². The van der Waals surface area contributed by atoms with Crippen LogP contribution in [0.25, 0.3) is 0 Å². The first-order chi connectivity index (χ1) is 11.3. The predicted octanol–water partition coefficient (Wildman–Crippen LogP) is 4.11. The van der Waals surface area contributed by atoms with Gasteiger partial charge in [-0.15, -0.1) is 0 Å². The van der Waals surface area contributed by atoms with Crippen LogP contribution in [0.1, 0.15) is 33.6 Å². The molecule has 24 heavy (non-hydrogen) atoms. The number of piperidine rings is 1. The highest BCUT2D eigenvalue weighted by Crippen LogP contribution is 2.28. The second kappa shape index (κ2) is 9.07. The van der Waals surface area contributed by atoms with Crippen molar-refractivity contribution in [2.45, 2.75) is 45.8 Å². The summed E-state index contributed by atoms with van der Waals surface area (Å²) in [6.07, 6.45) is 1.45. The molecule has 2 rings (SSSR count). The fraction of sp³-hybridized carbons (Fsp3) is 0.611. The van der Waals surface area contributed by atoms with Crippen LogP contribution in [0.15, 0.2) is 22.7 Å². The highest BCUT2D eigenvalue weighted by Gasteiger charge is 2.24. The van der Waals surface area contributed by atoms with Gasteiger partial charge < -0.3 is 15.0 Å². The lowest BCUT2D eigenvalue weighted by Gasteiger charge is -2.33. The smallest absolute Gasteiger partial charge is 0.260 e. The zero-order valence-electron chi connectivity index (χ0n) is 14.5. The molecule has 1 fully saturated rings. The topological polar surface area (TPSA) is 41.6 Å². The zero-order chi connectivity index (χ0) is 17.7. The van der Waals surface area contributed by atoms with E-state index in [1.807, 2.05) is 0 Å². The average Bonchev–Trinajstić information content (AvgIpc) is 2.51. The summed E-state index contributed by atoms with van der Waals surface area (Å²) in [6, 6.07) is 5.50. The molecule has 1 aliphatic rings. The van der Waals surface area contributed by atoms with E-state index in [1.54, 1.807) is 25.1 Å². The van der Waals surface area contributed by atoms with Crippen LogP contribution in [0.4, 0.5) is 0 Å². The summed E-state index contributed by atoms with van der Waals surface area (Å²) in [5.74, 6) is 1.23. The van der Waals surface area contributed by atoms with Gasteiger partial charge in [-0.25, -0.2) is 0 Å². The van der Waals surface area contributed by atoms with Crippen molar-refractivity contribution in [1.29, 1.82) is 0 Å². The number of halogens is 2. The number of carbonyl (C=O) groups excluding carboxylic acids is 1. The maximum atomic E-state index is 12.4. The molecule has 1 amide bonds. The SMILES string of the molecule is CC(C)CN1CCC(NC(=O)C(C)Oc2ccc(Cl)cc2Br)CC1. The Kier molecular flexibility index (Phi) is 7.38. The number of ether oxygens (including phenoxy) is 1. The molecule has 1 aromatic carbocycles. The molecule has 1 N–H and O–H groups in total. The Labute approximate surface area is 158 Å².